The van der Waals surface area contributed by atoms with Crippen LogP contribution in [0.15, 0.2) is 126 Å². The summed E-state index contributed by atoms with van der Waals surface area (Å²) in [5, 5.41) is 5.26. The Kier molecular flexibility index (Phi) is 8.44. The molecule has 5 heteroatoms. The SMILES string of the molecule is CC(C)c1cc(-c2ccc3c(c2)[Si](C)(C)[CH2][Ge]([CH3])([CH3])[CH2]3)cc(C(C)C)c1-n1c(-c2cccc3c2oc2cc(-c4ccccc4)ccc23)nc2ccccc21. The van der Waals surface area contributed by atoms with Crippen molar-refractivity contribution < 1.29 is 4.42 Å². The van der Waals surface area contributed by atoms with Gasteiger partial charge in [0.1, 0.15) is 11.2 Å². The van der Waals surface area contributed by atoms with Crippen LogP contribution < -0.4 is 5.19 Å². The summed E-state index contributed by atoms with van der Waals surface area (Å²) in [5.74, 6) is 6.77. The third kappa shape index (κ3) is 5.90. The van der Waals surface area contributed by atoms with Gasteiger partial charge in [-0.15, -0.1) is 0 Å². The van der Waals surface area contributed by atoms with Gasteiger partial charge in [-0.2, -0.15) is 0 Å². The first-order valence-corrected chi connectivity index (χ1v) is 30.1. The molecule has 0 amide bonds. The van der Waals surface area contributed by atoms with Gasteiger partial charge in [0.25, 0.3) is 0 Å². The molecule has 0 bridgehead atoms. The normalized spacial score (nSPS) is 15.1. The molecule has 1 aliphatic rings. The molecule has 0 aliphatic carbocycles. The summed E-state index contributed by atoms with van der Waals surface area (Å²) in [4.78, 5) is 6.93. The molecule has 0 fully saturated rings. The fourth-order valence-corrected chi connectivity index (χ4v) is 34.1. The van der Waals surface area contributed by atoms with Crippen LogP contribution >= 0.6 is 0 Å². The molecule has 0 N–H and O–H groups in total. The average molecular weight is 784 g/mol. The summed E-state index contributed by atoms with van der Waals surface area (Å²) in [6.07, 6.45) is 0. The van der Waals surface area contributed by atoms with Crippen LogP contribution in [0.25, 0.3) is 72.3 Å². The molecule has 2 aromatic heterocycles. The molecule has 8 aromatic rings. The number of rotatable bonds is 6. The van der Waals surface area contributed by atoms with Crippen LogP contribution in [0.1, 0.15) is 56.2 Å². The monoisotopic (exact) mass is 784 g/mol. The summed E-state index contributed by atoms with van der Waals surface area (Å²) in [7, 11) is -1.51. The number of imidazole rings is 1. The molecule has 0 saturated carbocycles. The van der Waals surface area contributed by atoms with Crippen molar-refractivity contribution in [3.63, 3.8) is 0 Å². The number of para-hydroxylation sites is 3. The van der Waals surface area contributed by atoms with E-state index in [0.29, 0.717) is 11.8 Å². The molecule has 9 rings (SSSR count). The molecule has 54 heavy (non-hydrogen) atoms. The summed E-state index contributed by atoms with van der Waals surface area (Å²) >= 11 is -1.77. The summed E-state index contributed by atoms with van der Waals surface area (Å²) < 4.78 is 9.29. The van der Waals surface area contributed by atoms with E-state index in [-0.39, 0.29) is 0 Å². The summed E-state index contributed by atoms with van der Waals surface area (Å²) in [5.41, 5.74) is 15.4. The second-order valence-electron chi connectivity index (χ2n) is 17.7. The molecule has 0 spiro atoms. The van der Waals surface area contributed by atoms with Gasteiger partial charge in [0, 0.05) is 10.8 Å². The van der Waals surface area contributed by atoms with E-state index in [9.17, 15) is 0 Å². The minimum atomic E-state index is -1.77. The van der Waals surface area contributed by atoms with E-state index in [2.05, 4.69) is 178 Å². The number of aromatic nitrogens is 2. The standard InChI is InChI=1S/C49H50GeN2OSi/c1-31(2)41-25-37(35-21-22-36-29-50(5,6)30-54(7,8)46(36)28-35)26-42(32(3)4)47(41)52-44-20-13-12-19-43(44)51-49(52)40-18-14-17-39-38-24-23-34(27-45(38)53-48(39)40)33-15-10-9-11-16-33/h9-28,31-32H,29-30H2,1-8H3. The van der Waals surface area contributed by atoms with Crippen LogP contribution in [-0.2, 0) is 5.25 Å². The summed E-state index contributed by atoms with van der Waals surface area (Å²) in [6, 6.07) is 44.7. The van der Waals surface area contributed by atoms with Gasteiger partial charge in [-0.25, -0.2) is 0 Å². The number of fused-ring (bicyclic) bond motifs is 5. The molecule has 3 heterocycles. The van der Waals surface area contributed by atoms with Crippen molar-refractivity contribution in [2.75, 3.05) is 0 Å². The van der Waals surface area contributed by atoms with E-state index in [1.54, 1.807) is 10.8 Å². The van der Waals surface area contributed by atoms with E-state index in [1.165, 1.54) is 43.6 Å². The minimum absolute atomic E-state index is 0.294. The summed E-state index contributed by atoms with van der Waals surface area (Å²) in [6.45, 7) is 14.6. The first-order chi connectivity index (χ1) is 25.9. The van der Waals surface area contributed by atoms with E-state index < -0.39 is 21.3 Å². The van der Waals surface area contributed by atoms with Gasteiger partial charge in [-0.1, -0.05) is 60.7 Å². The van der Waals surface area contributed by atoms with Gasteiger partial charge >= 0.3 is 203 Å². The Labute approximate surface area is 323 Å². The van der Waals surface area contributed by atoms with Crippen molar-refractivity contribution in [1.29, 1.82) is 0 Å². The molecule has 3 nitrogen and oxygen atoms in total. The van der Waals surface area contributed by atoms with Crippen LogP contribution in [0, 0.1) is 0 Å². The fourth-order valence-electron chi connectivity index (χ4n) is 9.61. The zero-order chi connectivity index (χ0) is 37.5. The van der Waals surface area contributed by atoms with E-state index >= 15 is 0 Å². The van der Waals surface area contributed by atoms with Gasteiger partial charge in [0.15, 0.2) is 0 Å². The van der Waals surface area contributed by atoms with Gasteiger partial charge < -0.3 is 4.42 Å². The average Bonchev–Trinajstić information content (AvgIpc) is 3.72. The molecule has 1 aliphatic heterocycles. The van der Waals surface area contributed by atoms with Crippen molar-refractivity contribution in [3.8, 4) is 39.3 Å². The fraction of sp³-hybridized carbons (Fsp3) is 0.245. The van der Waals surface area contributed by atoms with E-state index in [4.69, 9.17) is 9.40 Å². The van der Waals surface area contributed by atoms with Crippen LogP contribution in [-0.4, -0.2) is 30.9 Å². The zero-order valence-corrected chi connectivity index (χ0v) is 36.0. The maximum absolute atomic E-state index is 6.85. The van der Waals surface area contributed by atoms with Gasteiger partial charge in [-0.05, 0) is 35.4 Å². The molecule has 0 atom stereocenters. The van der Waals surface area contributed by atoms with Crippen molar-refractivity contribution in [2.24, 2.45) is 0 Å². The maximum atomic E-state index is 6.85. The van der Waals surface area contributed by atoms with Crippen LogP contribution in [0.2, 0.25) is 29.5 Å². The van der Waals surface area contributed by atoms with Crippen molar-refractivity contribution in [2.45, 2.75) is 74.3 Å². The number of benzene rings is 6. The van der Waals surface area contributed by atoms with Gasteiger partial charge in [-0.3, -0.25) is 0 Å². The number of furan rings is 1. The third-order valence-corrected chi connectivity index (χ3v) is 30.0. The number of hydrogen-bond acceptors (Lipinski definition) is 2. The van der Waals surface area contributed by atoms with Crippen molar-refractivity contribution in [3.05, 3.63) is 138 Å². The van der Waals surface area contributed by atoms with Crippen LogP contribution in [0.3, 0.4) is 0 Å². The van der Waals surface area contributed by atoms with Crippen molar-refractivity contribution in [1.82, 2.24) is 9.55 Å². The molecular formula is C49H50GeN2OSi. The van der Waals surface area contributed by atoms with Gasteiger partial charge in [0.05, 0.1) is 0 Å². The molecule has 0 saturated heterocycles. The Balaban J connectivity index is 1.27. The predicted octanol–water partition coefficient (Wildman–Crippen LogP) is 13.4. The Morgan fingerprint density at radius 2 is 1.35 bits per heavy atom. The Bertz CT molecular complexity index is 2700. The molecule has 6 aromatic carbocycles. The molecule has 270 valence electrons. The quantitative estimate of drug-likeness (QED) is 0.157. The first-order valence-electron chi connectivity index (χ1n) is 19.7. The van der Waals surface area contributed by atoms with Crippen LogP contribution in [0.4, 0.5) is 0 Å². The van der Waals surface area contributed by atoms with Crippen molar-refractivity contribution >= 4 is 59.5 Å². The Hall–Kier alpha value is -4.65. The van der Waals surface area contributed by atoms with E-state index in [1.807, 2.05) is 0 Å². The van der Waals surface area contributed by atoms with Crippen LogP contribution in [0.5, 0.6) is 0 Å². The molecule has 0 radical (unpaired) electrons. The molecule has 0 unspecified atom stereocenters. The van der Waals surface area contributed by atoms with E-state index in [0.717, 1.165) is 49.9 Å². The second-order valence-corrected chi connectivity index (χ2v) is 34.4. The zero-order valence-electron chi connectivity index (χ0n) is 32.9. The predicted molar refractivity (Wildman–Crippen MR) is 236 cm³/mol. The first kappa shape index (κ1) is 35.1. The molecular weight excluding hydrogens is 733 g/mol. The Morgan fingerprint density at radius 3 is 2.09 bits per heavy atom. The number of nitrogens with zero attached hydrogens (tertiary/aromatic N) is 2. The second kappa shape index (κ2) is 13.0. The topological polar surface area (TPSA) is 31.0 Å². The van der Waals surface area contributed by atoms with Gasteiger partial charge in [0.2, 0.25) is 0 Å². The Morgan fingerprint density at radius 1 is 0.667 bits per heavy atom. The number of hydrogen-bond donors (Lipinski definition) is 0. The third-order valence-electron chi connectivity index (χ3n) is 11.8.